The first-order chi connectivity index (χ1) is 17.2. The Balaban J connectivity index is 1.63. The van der Waals surface area contributed by atoms with E-state index >= 15 is 0 Å². The van der Waals surface area contributed by atoms with Crippen molar-refractivity contribution in [3.05, 3.63) is 64.3 Å². The third-order valence-electron chi connectivity index (χ3n) is 6.40. The number of likely N-dealkylation sites (tertiary alicyclic amines) is 1. The lowest BCUT2D eigenvalue weighted by Gasteiger charge is -2.27. The maximum atomic E-state index is 13.4. The van der Waals surface area contributed by atoms with Crippen molar-refractivity contribution in [2.24, 2.45) is 0 Å². The van der Waals surface area contributed by atoms with Gasteiger partial charge in [0.25, 0.3) is 11.8 Å². The van der Waals surface area contributed by atoms with Gasteiger partial charge in [-0.15, -0.1) is 0 Å². The van der Waals surface area contributed by atoms with Crippen LogP contribution in [0.1, 0.15) is 47.8 Å². The van der Waals surface area contributed by atoms with Gasteiger partial charge in [0.1, 0.15) is 5.75 Å². The molecule has 8 nitrogen and oxygen atoms in total. The van der Waals surface area contributed by atoms with Gasteiger partial charge in [0.2, 0.25) is 5.91 Å². The second kappa shape index (κ2) is 10.5. The summed E-state index contributed by atoms with van der Waals surface area (Å²) in [6, 6.07) is 11.8. The quantitative estimate of drug-likeness (QED) is 0.458. The number of rotatable bonds is 6. The van der Waals surface area contributed by atoms with Crippen molar-refractivity contribution < 1.29 is 28.7 Å². The van der Waals surface area contributed by atoms with Crippen molar-refractivity contribution in [2.75, 3.05) is 13.7 Å². The molecular weight excluding hydrogens is 484 g/mol. The summed E-state index contributed by atoms with van der Waals surface area (Å²) in [5.41, 5.74) is 2.21. The van der Waals surface area contributed by atoms with Gasteiger partial charge in [0.15, 0.2) is 6.10 Å². The SMILES string of the molecule is COc1ccc2c(c1)c(CC(=O)OC(C)C(=O)N1CCCCC1=O)c(C)n2C(=O)c1ccc(Cl)cc1. The van der Waals surface area contributed by atoms with Crippen molar-refractivity contribution >= 4 is 46.2 Å². The van der Waals surface area contributed by atoms with Crippen LogP contribution < -0.4 is 4.74 Å². The second-order valence-electron chi connectivity index (χ2n) is 8.74. The summed E-state index contributed by atoms with van der Waals surface area (Å²) in [4.78, 5) is 52.2. The molecule has 0 radical (unpaired) electrons. The molecule has 0 aliphatic carbocycles. The Kier molecular flexibility index (Phi) is 7.45. The standard InChI is InChI=1S/C27H27ClN2O6/c1-16-21(15-25(32)36-17(2)26(33)29-13-5-4-6-24(29)31)22-14-20(35-3)11-12-23(22)30(16)27(34)18-7-9-19(28)10-8-18/h7-12,14,17H,4-6,13,15H2,1-3H3. The highest BCUT2D eigenvalue weighted by molar-refractivity contribution is 6.30. The molecule has 1 saturated heterocycles. The number of carbonyl (C=O) groups excluding carboxylic acids is 4. The fourth-order valence-corrected chi connectivity index (χ4v) is 4.61. The van der Waals surface area contributed by atoms with Gasteiger partial charge in [-0.25, -0.2) is 0 Å². The molecule has 4 rings (SSSR count). The van der Waals surface area contributed by atoms with Gasteiger partial charge in [-0.1, -0.05) is 11.6 Å². The van der Waals surface area contributed by atoms with Gasteiger partial charge in [-0.3, -0.25) is 28.6 Å². The van der Waals surface area contributed by atoms with E-state index in [1.807, 2.05) is 0 Å². The summed E-state index contributed by atoms with van der Waals surface area (Å²) in [5.74, 6) is -1.11. The van der Waals surface area contributed by atoms with Crippen molar-refractivity contribution in [1.29, 1.82) is 0 Å². The first kappa shape index (κ1) is 25.4. The molecule has 2 heterocycles. The monoisotopic (exact) mass is 510 g/mol. The van der Waals surface area contributed by atoms with E-state index in [2.05, 4.69) is 0 Å². The molecule has 1 aromatic heterocycles. The Morgan fingerprint density at radius 3 is 2.47 bits per heavy atom. The van der Waals surface area contributed by atoms with Crippen molar-refractivity contribution in [1.82, 2.24) is 9.47 Å². The summed E-state index contributed by atoms with van der Waals surface area (Å²) < 4.78 is 12.3. The molecule has 2 aromatic carbocycles. The van der Waals surface area contributed by atoms with E-state index in [9.17, 15) is 19.2 Å². The predicted molar refractivity (Wildman–Crippen MR) is 134 cm³/mol. The Labute approximate surface area is 213 Å². The molecule has 2 amide bonds. The van der Waals surface area contributed by atoms with E-state index < -0.39 is 18.0 Å². The van der Waals surface area contributed by atoms with Crippen LogP contribution in [0.25, 0.3) is 10.9 Å². The van der Waals surface area contributed by atoms with E-state index in [0.717, 1.165) is 17.7 Å². The zero-order chi connectivity index (χ0) is 26.0. The summed E-state index contributed by atoms with van der Waals surface area (Å²) in [6.07, 6.45) is 0.535. The number of esters is 1. The number of nitrogens with zero attached hydrogens (tertiary/aromatic N) is 2. The van der Waals surface area contributed by atoms with Gasteiger partial charge in [-0.05, 0) is 74.7 Å². The maximum Gasteiger partial charge on any atom is 0.311 e. The lowest BCUT2D eigenvalue weighted by molar-refractivity contribution is -0.162. The maximum absolute atomic E-state index is 13.4. The highest BCUT2D eigenvalue weighted by Gasteiger charge is 2.31. The number of imide groups is 1. The number of methoxy groups -OCH3 is 1. The minimum atomic E-state index is -1.10. The van der Waals surface area contributed by atoms with Crippen LogP contribution in [0.3, 0.4) is 0 Å². The molecular formula is C27H27ClN2O6. The summed E-state index contributed by atoms with van der Waals surface area (Å²) in [6.45, 7) is 3.55. The number of fused-ring (bicyclic) bond motifs is 1. The van der Waals surface area contributed by atoms with Gasteiger partial charge in [0.05, 0.1) is 19.0 Å². The minimum absolute atomic E-state index is 0.165. The Hall–Kier alpha value is -3.65. The van der Waals surface area contributed by atoms with E-state index in [4.69, 9.17) is 21.1 Å². The number of benzene rings is 2. The van der Waals surface area contributed by atoms with Crippen molar-refractivity contribution in [3.63, 3.8) is 0 Å². The number of carbonyl (C=O) groups is 4. The first-order valence-electron chi connectivity index (χ1n) is 11.7. The van der Waals surface area contributed by atoms with Crippen molar-refractivity contribution in [2.45, 2.75) is 45.6 Å². The third kappa shape index (κ3) is 4.99. The van der Waals surface area contributed by atoms with Crippen LogP contribution in [0.4, 0.5) is 0 Å². The topological polar surface area (TPSA) is 94.9 Å². The number of hydrogen-bond donors (Lipinski definition) is 0. The highest BCUT2D eigenvalue weighted by Crippen LogP contribution is 2.31. The number of hydrogen-bond acceptors (Lipinski definition) is 6. The third-order valence-corrected chi connectivity index (χ3v) is 6.65. The zero-order valence-corrected chi connectivity index (χ0v) is 21.1. The van der Waals surface area contributed by atoms with E-state index in [0.29, 0.717) is 51.5 Å². The number of halogens is 1. The van der Waals surface area contributed by atoms with E-state index in [1.54, 1.807) is 54.0 Å². The average Bonchev–Trinajstić information content (AvgIpc) is 3.14. The van der Waals surface area contributed by atoms with Crippen LogP contribution in [0.15, 0.2) is 42.5 Å². The predicted octanol–water partition coefficient (Wildman–Crippen LogP) is 4.31. The molecule has 1 fully saturated rings. The van der Waals surface area contributed by atoms with Gasteiger partial charge in [-0.2, -0.15) is 0 Å². The van der Waals surface area contributed by atoms with Crippen LogP contribution in [-0.4, -0.2) is 52.9 Å². The highest BCUT2D eigenvalue weighted by atomic mass is 35.5. The van der Waals surface area contributed by atoms with Crippen LogP contribution in [0, 0.1) is 6.92 Å². The molecule has 36 heavy (non-hydrogen) atoms. The Morgan fingerprint density at radius 2 is 1.81 bits per heavy atom. The van der Waals surface area contributed by atoms with Crippen LogP contribution >= 0.6 is 11.6 Å². The Bertz CT molecular complexity index is 1340. The summed E-state index contributed by atoms with van der Waals surface area (Å²) in [5, 5.41) is 1.18. The molecule has 1 aliphatic rings. The normalized spacial score (nSPS) is 14.6. The summed E-state index contributed by atoms with van der Waals surface area (Å²) in [7, 11) is 1.53. The fourth-order valence-electron chi connectivity index (χ4n) is 4.49. The Morgan fingerprint density at radius 1 is 1.08 bits per heavy atom. The molecule has 0 bridgehead atoms. The lowest BCUT2D eigenvalue weighted by atomic mass is 10.1. The van der Waals surface area contributed by atoms with Crippen LogP contribution in [0.5, 0.6) is 5.75 Å². The second-order valence-corrected chi connectivity index (χ2v) is 9.18. The fraction of sp³-hybridized carbons (Fsp3) is 0.333. The van der Waals surface area contributed by atoms with E-state index in [-0.39, 0.29) is 18.2 Å². The lowest BCUT2D eigenvalue weighted by Crippen LogP contribution is -2.46. The van der Waals surface area contributed by atoms with Crippen LogP contribution in [-0.2, 0) is 25.5 Å². The van der Waals surface area contributed by atoms with Crippen LogP contribution in [0.2, 0.25) is 5.02 Å². The average molecular weight is 511 g/mol. The molecule has 188 valence electrons. The molecule has 0 N–H and O–H groups in total. The van der Waals surface area contributed by atoms with E-state index in [1.165, 1.54) is 14.0 Å². The smallest absolute Gasteiger partial charge is 0.311 e. The van der Waals surface area contributed by atoms with Gasteiger partial charge >= 0.3 is 5.97 Å². The van der Waals surface area contributed by atoms with Gasteiger partial charge < -0.3 is 9.47 Å². The zero-order valence-electron chi connectivity index (χ0n) is 20.4. The molecule has 1 unspecified atom stereocenters. The molecule has 0 spiro atoms. The molecule has 1 aliphatic heterocycles. The number of piperidine rings is 1. The number of amides is 2. The summed E-state index contributed by atoms with van der Waals surface area (Å²) >= 11 is 5.98. The number of ether oxygens (including phenoxy) is 2. The van der Waals surface area contributed by atoms with Gasteiger partial charge in [0, 0.05) is 34.6 Å². The molecule has 3 aromatic rings. The number of aromatic nitrogens is 1. The molecule has 9 heteroatoms. The molecule has 0 saturated carbocycles. The minimum Gasteiger partial charge on any atom is -0.497 e. The first-order valence-corrected chi connectivity index (χ1v) is 12.1. The molecule has 1 atom stereocenters. The largest absolute Gasteiger partial charge is 0.497 e. The van der Waals surface area contributed by atoms with Crippen molar-refractivity contribution in [3.8, 4) is 5.75 Å².